The minimum absolute atomic E-state index is 0.0371. The Morgan fingerprint density at radius 2 is 2.16 bits per heavy atom. The van der Waals surface area contributed by atoms with E-state index in [1.807, 2.05) is 11.8 Å². The molecule has 2 rings (SSSR count). The third kappa shape index (κ3) is 3.09. The third-order valence-electron chi connectivity index (χ3n) is 3.49. The van der Waals surface area contributed by atoms with Crippen LogP contribution in [0.15, 0.2) is 6.07 Å². The van der Waals surface area contributed by atoms with Crippen LogP contribution in [0, 0.1) is 5.92 Å². The van der Waals surface area contributed by atoms with E-state index in [9.17, 15) is 8.42 Å². The van der Waals surface area contributed by atoms with Gasteiger partial charge >= 0.3 is 0 Å². The molecule has 2 unspecified atom stereocenters. The average Bonchev–Trinajstić information content (AvgIpc) is 2.30. The molecule has 0 aliphatic carbocycles. The van der Waals surface area contributed by atoms with Gasteiger partial charge in [-0.15, -0.1) is 10.2 Å². The molecule has 8 heteroatoms. The molecule has 1 aliphatic rings. The van der Waals surface area contributed by atoms with Gasteiger partial charge in [0.2, 0.25) is 0 Å². The average molecular weight is 305 g/mol. The van der Waals surface area contributed by atoms with Crippen molar-refractivity contribution in [1.82, 2.24) is 10.2 Å². The maximum atomic E-state index is 11.7. The Kier molecular flexibility index (Phi) is 3.87. The summed E-state index contributed by atoms with van der Waals surface area (Å²) < 4.78 is 23.3. The first-order valence-corrected chi connectivity index (χ1v) is 8.35. The van der Waals surface area contributed by atoms with Crippen molar-refractivity contribution in [1.29, 1.82) is 0 Å². The first-order valence-electron chi connectivity index (χ1n) is 6.01. The van der Waals surface area contributed by atoms with Gasteiger partial charge in [-0.3, -0.25) is 0 Å². The van der Waals surface area contributed by atoms with Gasteiger partial charge in [0.05, 0.1) is 10.9 Å². The molecule has 0 spiro atoms. The monoisotopic (exact) mass is 304 g/mol. The minimum atomic E-state index is -3.01. The molecule has 2 heterocycles. The fourth-order valence-electron chi connectivity index (χ4n) is 2.60. The molecule has 2 atom stereocenters. The highest BCUT2D eigenvalue weighted by Gasteiger charge is 2.33. The van der Waals surface area contributed by atoms with Gasteiger partial charge in [-0.1, -0.05) is 18.5 Å². The normalized spacial score (nSPS) is 24.5. The fraction of sp³-hybridized carbons (Fsp3) is 0.636. The first kappa shape index (κ1) is 14.3. The summed E-state index contributed by atoms with van der Waals surface area (Å²) in [5.41, 5.74) is 6.52. The first-order chi connectivity index (χ1) is 8.79. The maximum Gasteiger partial charge on any atom is 0.169 e. The molecular formula is C11H17ClN4O2S. The van der Waals surface area contributed by atoms with Gasteiger partial charge in [-0.2, -0.15) is 0 Å². The van der Waals surface area contributed by atoms with E-state index >= 15 is 0 Å². The van der Waals surface area contributed by atoms with Crippen molar-refractivity contribution in [2.24, 2.45) is 5.92 Å². The molecule has 0 saturated carbocycles. The van der Waals surface area contributed by atoms with E-state index in [1.54, 1.807) is 6.07 Å². The van der Waals surface area contributed by atoms with Crippen LogP contribution in [0.3, 0.4) is 0 Å². The summed E-state index contributed by atoms with van der Waals surface area (Å²) in [5, 5.41) is 7.44. The highest BCUT2D eigenvalue weighted by atomic mass is 35.5. The summed E-state index contributed by atoms with van der Waals surface area (Å²) in [6, 6.07) is 1.66. The second-order valence-corrected chi connectivity index (χ2v) is 7.67. The molecule has 106 valence electrons. The van der Waals surface area contributed by atoms with Crippen LogP contribution in [-0.4, -0.2) is 43.2 Å². The van der Waals surface area contributed by atoms with Crippen molar-refractivity contribution >= 4 is 32.9 Å². The van der Waals surface area contributed by atoms with Gasteiger partial charge in [0.1, 0.15) is 0 Å². The van der Waals surface area contributed by atoms with E-state index in [0.29, 0.717) is 25.3 Å². The number of nitrogen functional groups attached to an aromatic ring is 1. The van der Waals surface area contributed by atoms with Gasteiger partial charge in [0, 0.05) is 25.4 Å². The topological polar surface area (TPSA) is 89.2 Å². The molecule has 1 fully saturated rings. The van der Waals surface area contributed by atoms with E-state index in [0.717, 1.165) is 5.69 Å². The number of rotatable bonds is 2. The molecule has 6 nitrogen and oxygen atoms in total. The van der Waals surface area contributed by atoms with Crippen LogP contribution >= 0.6 is 11.6 Å². The lowest BCUT2D eigenvalue weighted by Crippen LogP contribution is -2.45. The standard InChI is InChI=1S/C11H17ClN4O2S/c1-7-6-16(4-3-9(7)19(2,17)18)8-5-10(12)14-15-11(8)13/h5,7,9H,3-4,6H2,1-2H3,(H2,13,15). The molecule has 0 bridgehead atoms. The minimum Gasteiger partial charge on any atom is -0.380 e. The molecular weight excluding hydrogens is 288 g/mol. The molecule has 2 N–H and O–H groups in total. The number of halogens is 1. The Morgan fingerprint density at radius 1 is 1.47 bits per heavy atom. The van der Waals surface area contributed by atoms with Crippen molar-refractivity contribution in [2.45, 2.75) is 18.6 Å². The Labute approximate surface area is 117 Å². The molecule has 1 aromatic rings. The maximum absolute atomic E-state index is 11.7. The Hall–Kier alpha value is -1.08. The number of anilines is 2. The zero-order valence-corrected chi connectivity index (χ0v) is 12.4. The van der Waals surface area contributed by atoms with Crippen LogP contribution < -0.4 is 10.6 Å². The molecule has 19 heavy (non-hydrogen) atoms. The molecule has 0 radical (unpaired) electrons. The quantitative estimate of drug-likeness (QED) is 0.876. The fourth-order valence-corrected chi connectivity index (χ4v) is 4.21. The summed E-state index contributed by atoms with van der Waals surface area (Å²) in [6.07, 6.45) is 1.88. The lowest BCUT2D eigenvalue weighted by molar-refractivity contribution is 0.437. The van der Waals surface area contributed by atoms with E-state index in [-0.39, 0.29) is 16.3 Å². The van der Waals surface area contributed by atoms with Crippen LogP contribution in [0.1, 0.15) is 13.3 Å². The SMILES string of the molecule is CC1CN(c2cc(Cl)nnc2N)CCC1S(C)(=O)=O. The summed E-state index contributed by atoms with van der Waals surface area (Å²) in [6.45, 7) is 3.17. The van der Waals surface area contributed by atoms with Gasteiger partial charge in [-0.05, 0) is 12.3 Å². The van der Waals surface area contributed by atoms with Gasteiger partial charge < -0.3 is 10.6 Å². The van der Waals surface area contributed by atoms with Crippen molar-refractivity contribution in [2.75, 3.05) is 30.0 Å². The number of sulfone groups is 1. The third-order valence-corrected chi connectivity index (χ3v) is 5.47. The van der Waals surface area contributed by atoms with Gasteiger partial charge in [0.25, 0.3) is 0 Å². The number of hydrogen-bond donors (Lipinski definition) is 1. The van der Waals surface area contributed by atoms with Crippen molar-refractivity contribution in [3.63, 3.8) is 0 Å². The molecule has 1 saturated heterocycles. The predicted octanol–water partition coefficient (Wildman–Crippen LogP) is 0.972. The van der Waals surface area contributed by atoms with Gasteiger partial charge in [-0.25, -0.2) is 8.42 Å². The van der Waals surface area contributed by atoms with Crippen molar-refractivity contribution in [3.8, 4) is 0 Å². The van der Waals surface area contributed by atoms with Crippen molar-refractivity contribution < 1.29 is 8.42 Å². The number of piperidine rings is 1. The lowest BCUT2D eigenvalue weighted by atomic mass is 9.99. The van der Waals surface area contributed by atoms with E-state index in [2.05, 4.69) is 10.2 Å². The summed E-state index contributed by atoms with van der Waals surface area (Å²) >= 11 is 5.82. The zero-order chi connectivity index (χ0) is 14.2. The number of nitrogens with two attached hydrogens (primary N) is 1. The largest absolute Gasteiger partial charge is 0.380 e. The van der Waals surface area contributed by atoms with Crippen LogP contribution in [-0.2, 0) is 9.84 Å². The molecule has 1 aromatic heterocycles. The number of nitrogens with zero attached hydrogens (tertiary/aromatic N) is 3. The predicted molar refractivity (Wildman–Crippen MR) is 76.1 cm³/mol. The van der Waals surface area contributed by atoms with Crippen LogP contribution in [0.4, 0.5) is 11.5 Å². The summed E-state index contributed by atoms with van der Waals surface area (Å²) in [5.74, 6) is 0.351. The lowest BCUT2D eigenvalue weighted by Gasteiger charge is -2.37. The Bertz CT molecular complexity index is 578. The smallest absolute Gasteiger partial charge is 0.169 e. The molecule has 1 aliphatic heterocycles. The Balaban J connectivity index is 2.21. The van der Waals surface area contributed by atoms with E-state index in [1.165, 1.54) is 6.26 Å². The van der Waals surface area contributed by atoms with Gasteiger partial charge in [0.15, 0.2) is 20.8 Å². The Morgan fingerprint density at radius 3 is 2.74 bits per heavy atom. The van der Waals surface area contributed by atoms with Crippen LogP contribution in [0.2, 0.25) is 5.15 Å². The van der Waals surface area contributed by atoms with Crippen LogP contribution in [0.5, 0.6) is 0 Å². The highest BCUT2D eigenvalue weighted by Crippen LogP contribution is 2.30. The summed E-state index contributed by atoms with van der Waals surface area (Å²) in [4.78, 5) is 2.02. The second-order valence-electron chi connectivity index (χ2n) is 5.02. The highest BCUT2D eigenvalue weighted by molar-refractivity contribution is 7.91. The molecule has 0 aromatic carbocycles. The van der Waals surface area contributed by atoms with Crippen molar-refractivity contribution in [3.05, 3.63) is 11.2 Å². The van der Waals surface area contributed by atoms with Crippen LogP contribution in [0.25, 0.3) is 0 Å². The second kappa shape index (κ2) is 5.13. The zero-order valence-electron chi connectivity index (χ0n) is 10.9. The molecule has 0 amide bonds. The number of hydrogen-bond acceptors (Lipinski definition) is 6. The summed E-state index contributed by atoms with van der Waals surface area (Å²) in [7, 11) is -3.01. The van der Waals surface area contributed by atoms with E-state index in [4.69, 9.17) is 17.3 Å². The number of aromatic nitrogens is 2. The van der Waals surface area contributed by atoms with E-state index < -0.39 is 9.84 Å².